The summed E-state index contributed by atoms with van der Waals surface area (Å²) in [5.74, 6) is 0.275. The van der Waals surface area contributed by atoms with E-state index in [2.05, 4.69) is 65.4 Å². The van der Waals surface area contributed by atoms with Crippen molar-refractivity contribution in [3.8, 4) is 0 Å². The van der Waals surface area contributed by atoms with Gasteiger partial charge >= 0.3 is 0 Å². The SMILES string of the molecule is CN(Cc1ccc(N2CCOCC2)cc1)c1ccc2c(c1)C(N)C(c1cccc(Cl)c1)C2. The standard InChI is InChI=1S/C27H30ClN3O/c1-30(18-19-5-8-23(9-6-19)31-11-13-32-14-12-31)24-10-7-21-16-25(27(29)26(21)17-24)20-3-2-4-22(28)15-20/h2-10,15,17,25,27H,11-14,16,18,29H2,1H3. The Hall–Kier alpha value is -2.53. The van der Waals surface area contributed by atoms with Crippen LogP contribution in [-0.4, -0.2) is 33.4 Å². The summed E-state index contributed by atoms with van der Waals surface area (Å²) in [4.78, 5) is 4.68. The van der Waals surface area contributed by atoms with Gasteiger partial charge in [-0.3, -0.25) is 0 Å². The Labute approximate surface area is 195 Å². The van der Waals surface area contributed by atoms with Crippen LogP contribution in [0.25, 0.3) is 0 Å². The summed E-state index contributed by atoms with van der Waals surface area (Å²) in [5.41, 5.74) is 14.3. The van der Waals surface area contributed by atoms with E-state index in [1.54, 1.807) is 0 Å². The van der Waals surface area contributed by atoms with Crippen molar-refractivity contribution >= 4 is 23.0 Å². The summed E-state index contributed by atoms with van der Waals surface area (Å²) >= 11 is 6.22. The van der Waals surface area contributed by atoms with Crippen LogP contribution in [0.1, 0.15) is 34.2 Å². The van der Waals surface area contributed by atoms with E-state index in [4.69, 9.17) is 22.1 Å². The van der Waals surface area contributed by atoms with Crippen molar-refractivity contribution in [1.82, 2.24) is 0 Å². The molecule has 1 aliphatic heterocycles. The maximum Gasteiger partial charge on any atom is 0.0642 e. The number of hydrogen-bond acceptors (Lipinski definition) is 4. The summed E-state index contributed by atoms with van der Waals surface area (Å²) in [6, 6.07) is 23.7. The molecule has 1 fully saturated rings. The first-order valence-corrected chi connectivity index (χ1v) is 11.7. The Balaban J connectivity index is 1.28. The lowest BCUT2D eigenvalue weighted by molar-refractivity contribution is 0.122. The highest BCUT2D eigenvalue weighted by Gasteiger charge is 2.31. The van der Waals surface area contributed by atoms with Gasteiger partial charge in [-0.15, -0.1) is 0 Å². The molecule has 1 saturated heterocycles. The number of fused-ring (bicyclic) bond motifs is 1. The molecule has 0 bridgehead atoms. The van der Waals surface area contributed by atoms with Crippen LogP contribution in [0.3, 0.4) is 0 Å². The third kappa shape index (κ3) is 4.36. The van der Waals surface area contributed by atoms with Crippen LogP contribution in [-0.2, 0) is 17.7 Å². The molecule has 166 valence electrons. The second kappa shape index (κ2) is 9.14. The quantitative estimate of drug-likeness (QED) is 0.587. The normalized spacial score (nSPS) is 20.3. The molecule has 0 aromatic heterocycles. The molecule has 1 aliphatic carbocycles. The van der Waals surface area contributed by atoms with E-state index in [-0.39, 0.29) is 12.0 Å². The molecular weight excluding hydrogens is 418 g/mol. The Morgan fingerprint density at radius 2 is 1.81 bits per heavy atom. The first-order valence-electron chi connectivity index (χ1n) is 11.3. The average Bonchev–Trinajstić information content (AvgIpc) is 3.16. The smallest absolute Gasteiger partial charge is 0.0642 e. The van der Waals surface area contributed by atoms with Crippen LogP contribution >= 0.6 is 11.6 Å². The highest BCUT2D eigenvalue weighted by atomic mass is 35.5. The van der Waals surface area contributed by atoms with Crippen molar-refractivity contribution in [2.75, 3.05) is 43.2 Å². The summed E-state index contributed by atoms with van der Waals surface area (Å²) in [6.07, 6.45) is 0.962. The van der Waals surface area contributed by atoms with Gasteiger partial charge in [0, 0.05) is 55.0 Å². The fraction of sp³-hybridized carbons (Fsp3) is 0.333. The van der Waals surface area contributed by atoms with E-state index in [0.717, 1.165) is 44.3 Å². The molecule has 5 heteroatoms. The molecule has 1 heterocycles. The second-order valence-corrected chi connectivity index (χ2v) is 9.33. The van der Waals surface area contributed by atoms with Gasteiger partial charge in [0.2, 0.25) is 0 Å². The maximum absolute atomic E-state index is 6.71. The zero-order chi connectivity index (χ0) is 22.1. The summed E-state index contributed by atoms with van der Waals surface area (Å²) in [6.45, 7) is 4.40. The van der Waals surface area contributed by atoms with Crippen LogP contribution in [0.4, 0.5) is 11.4 Å². The van der Waals surface area contributed by atoms with Crippen molar-refractivity contribution in [3.05, 3.63) is 94.0 Å². The van der Waals surface area contributed by atoms with Crippen LogP contribution < -0.4 is 15.5 Å². The van der Waals surface area contributed by atoms with Gasteiger partial charge in [0.1, 0.15) is 0 Å². The molecule has 3 aromatic rings. The first kappa shape index (κ1) is 21.3. The van der Waals surface area contributed by atoms with Crippen molar-refractivity contribution < 1.29 is 4.74 Å². The van der Waals surface area contributed by atoms with Crippen molar-refractivity contribution in [3.63, 3.8) is 0 Å². The second-order valence-electron chi connectivity index (χ2n) is 8.90. The molecule has 2 unspecified atom stereocenters. The van der Waals surface area contributed by atoms with Crippen molar-refractivity contribution in [2.45, 2.75) is 24.9 Å². The molecule has 4 nitrogen and oxygen atoms in total. The third-order valence-electron chi connectivity index (χ3n) is 6.81. The minimum atomic E-state index is -0.00961. The van der Waals surface area contributed by atoms with Gasteiger partial charge in [0.15, 0.2) is 0 Å². The lowest BCUT2D eigenvalue weighted by atomic mass is 9.93. The number of nitrogens with zero attached hydrogens (tertiary/aromatic N) is 2. The number of rotatable bonds is 5. The van der Waals surface area contributed by atoms with Crippen LogP contribution in [0.5, 0.6) is 0 Å². The Morgan fingerprint density at radius 3 is 2.56 bits per heavy atom. The molecule has 2 atom stereocenters. The molecule has 2 N–H and O–H groups in total. The Bertz CT molecular complexity index is 1080. The van der Waals surface area contributed by atoms with Gasteiger partial charge in [-0.25, -0.2) is 0 Å². The maximum atomic E-state index is 6.71. The van der Waals surface area contributed by atoms with Crippen molar-refractivity contribution in [1.29, 1.82) is 0 Å². The minimum absolute atomic E-state index is 0.00961. The number of morpholine rings is 1. The monoisotopic (exact) mass is 447 g/mol. The highest BCUT2D eigenvalue weighted by Crippen LogP contribution is 2.42. The zero-order valence-electron chi connectivity index (χ0n) is 18.5. The Morgan fingerprint density at radius 1 is 1.03 bits per heavy atom. The number of hydrogen-bond donors (Lipinski definition) is 1. The van der Waals surface area contributed by atoms with Crippen LogP contribution in [0.15, 0.2) is 66.7 Å². The third-order valence-corrected chi connectivity index (χ3v) is 7.05. The molecule has 32 heavy (non-hydrogen) atoms. The molecule has 2 aliphatic rings. The van der Waals surface area contributed by atoms with Gasteiger partial charge in [-0.1, -0.05) is 41.9 Å². The molecule has 3 aromatic carbocycles. The fourth-order valence-electron chi connectivity index (χ4n) is 4.96. The Kier molecular flexibility index (Phi) is 6.09. The fourth-order valence-corrected chi connectivity index (χ4v) is 5.16. The molecular formula is C27H30ClN3O. The number of benzene rings is 3. The zero-order valence-corrected chi connectivity index (χ0v) is 19.3. The van der Waals surface area contributed by atoms with Gasteiger partial charge in [0.05, 0.1) is 13.2 Å². The molecule has 0 amide bonds. The number of anilines is 2. The van der Waals surface area contributed by atoms with Crippen molar-refractivity contribution in [2.24, 2.45) is 5.73 Å². The minimum Gasteiger partial charge on any atom is -0.378 e. The van der Waals surface area contributed by atoms with E-state index < -0.39 is 0 Å². The van der Waals surface area contributed by atoms with E-state index >= 15 is 0 Å². The van der Waals surface area contributed by atoms with E-state index in [0.29, 0.717) is 0 Å². The topological polar surface area (TPSA) is 41.7 Å². The lowest BCUT2D eigenvalue weighted by Gasteiger charge is -2.29. The summed E-state index contributed by atoms with van der Waals surface area (Å²) in [5, 5.41) is 0.769. The number of ether oxygens (including phenoxy) is 1. The average molecular weight is 448 g/mol. The van der Waals surface area contributed by atoms with Crippen LogP contribution in [0, 0.1) is 0 Å². The molecule has 0 saturated carbocycles. The lowest BCUT2D eigenvalue weighted by Crippen LogP contribution is -2.36. The first-order chi connectivity index (χ1) is 15.6. The van der Waals surface area contributed by atoms with Gasteiger partial charge < -0.3 is 20.3 Å². The molecule has 5 rings (SSSR count). The number of nitrogens with two attached hydrogens (primary N) is 1. The predicted octanol–water partition coefficient (Wildman–Crippen LogP) is 5.15. The highest BCUT2D eigenvalue weighted by molar-refractivity contribution is 6.30. The number of halogens is 1. The summed E-state index contributed by atoms with van der Waals surface area (Å²) in [7, 11) is 2.15. The van der Waals surface area contributed by atoms with E-state index in [9.17, 15) is 0 Å². The molecule has 0 spiro atoms. The van der Waals surface area contributed by atoms with Gasteiger partial charge in [-0.05, 0) is 65.1 Å². The molecule has 0 radical (unpaired) electrons. The summed E-state index contributed by atoms with van der Waals surface area (Å²) < 4.78 is 5.46. The predicted molar refractivity (Wildman–Crippen MR) is 133 cm³/mol. The van der Waals surface area contributed by atoms with Crippen LogP contribution in [0.2, 0.25) is 5.02 Å². The van der Waals surface area contributed by atoms with Gasteiger partial charge in [-0.2, -0.15) is 0 Å². The van der Waals surface area contributed by atoms with E-state index in [1.165, 1.54) is 33.6 Å². The largest absolute Gasteiger partial charge is 0.378 e. The van der Waals surface area contributed by atoms with Gasteiger partial charge in [0.25, 0.3) is 0 Å². The van der Waals surface area contributed by atoms with E-state index in [1.807, 2.05) is 18.2 Å².